The molecule has 1 saturated heterocycles. The molecule has 1 fully saturated rings. The monoisotopic (exact) mass is 582 g/mol. The van der Waals surface area contributed by atoms with E-state index >= 15 is 0 Å². The number of nitro benzene ring substituents is 1. The molecule has 0 radical (unpaired) electrons. The minimum atomic E-state index is -0.906. The van der Waals surface area contributed by atoms with Gasteiger partial charge in [-0.3, -0.25) is 34.8 Å². The van der Waals surface area contributed by atoms with Crippen LogP contribution in [0.4, 0.5) is 16.2 Å². The number of alkyl carbamates (subject to hydrolysis) is 1. The lowest BCUT2D eigenvalue weighted by Gasteiger charge is -2.25. The maximum atomic E-state index is 13.1. The van der Waals surface area contributed by atoms with Crippen LogP contribution in [0.3, 0.4) is 0 Å². The molecule has 2 aromatic rings. The first-order valence-electron chi connectivity index (χ1n) is 13.3. The second-order valence-corrected chi connectivity index (χ2v) is 9.46. The highest BCUT2D eigenvalue weighted by Crippen LogP contribution is 2.19. The van der Waals surface area contributed by atoms with Gasteiger partial charge in [-0.15, -0.1) is 0 Å². The van der Waals surface area contributed by atoms with E-state index in [1.807, 2.05) is 18.2 Å². The quantitative estimate of drug-likeness (QED) is 0.0740. The van der Waals surface area contributed by atoms with Gasteiger partial charge in [-0.2, -0.15) is 0 Å². The first-order valence-corrected chi connectivity index (χ1v) is 13.3. The number of nitrogens with one attached hydrogen (secondary N) is 3. The van der Waals surface area contributed by atoms with Gasteiger partial charge >= 0.3 is 6.09 Å². The average Bonchev–Trinajstić information content (AvgIpc) is 3.47. The number of non-ortho nitro benzene ring substituents is 1. The molecule has 0 spiro atoms. The Bertz CT molecular complexity index is 1280. The van der Waals surface area contributed by atoms with Crippen molar-refractivity contribution >= 4 is 41.1 Å². The summed E-state index contributed by atoms with van der Waals surface area (Å²) in [7, 11) is 0. The summed E-state index contributed by atoms with van der Waals surface area (Å²) in [6, 6.07) is 12.7. The highest BCUT2D eigenvalue weighted by Gasteiger charge is 2.35. The summed E-state index contributed by atoms with van der Waals surface area (Å²) in [6.07, 6.45) is 0.733. The third kappa shape index (κ3) is 9.76. The van der Waals surface area contributed by atoms with Gasteiger partial charge in [0.1, 0.15) is 25.2 Å². The fraction of sp³-hybridized carbons (Fsp3) is 0.370. The predicted octanol–water partition coefficient (Wildman–Crippen LogP) is 0.989. The Labute approximate surface area is 241 Å². The van der Waals surface area contributed by atoms with E-state index in [2.05, 4.69) is 20.9 Å². The number of nitrogens with two attached hydrogens (primary N) is 2. The number of nitrogens with zero attached hydrogens (tertiary/aromatic N) is 3. The Hall–Kier alpha value is -5.21. The smallest absolute Gasteiger partial charge is 0.407 e. The summed E-state index contributed by atoms with van der Waals surface area (Å²) >= 11 is 0. The molecule has 0 bridgehead atoms. The molecule has 42 heavy (non-hydrogen) atoms. The summed E-state index contributed by atoms with van der Waals surface area (Å²) in [5.74, 6) is -1.89. The van der Waals surface area contributed by atoms with E-state index in [0.29, 0.717) is 24.9 Å². The number of carbonyl (C=O) groups is 4. The maximum absolute atomic E-state index is 13.1. The second-order valence-electron chi connectivity index (χ2n) is 9.46. The van der Waals surface area contributed by atoms with Gasteiger partial charge in [0.05, 0.1) is 4.92 Å². The van der Waals surface area contributed by atoms with Crippen molar-refractivity contribution in [1.82, 2.24) is 15.5 Å². The van der Waals surface area contributed by atoms with Crippen molar-refractivity contribution in [1.29, 1.82) is 0 Å². The van der Waals surface area contributed by atoms with Gasteiger partial charge in [0.15, 0.2) is 5.96 Å². The standard InChI is InChI=1S/C27H34N8O7/c28-26(29)30-14-4-8-21(32-19-10-12-20(13-11-19)35(40)41)24(37)33-25(38)22-9-5-15-34(22)23(36)16-31-27(39)42-17-18-6-2-1-3-7-18/h1-3,6-7,10-13,21-22,32H,4-5,8-9,14-17H2,(H,31,39)(H4,28,29,30)(H,33,37,38). The van der Waals surface area contributed by atoms with Gasteiger partial charge < -0.3 is 31.7 Å². The first-order chi connectivity index (χ1) is 20.1. The zero-order valence-corrected chi connectivity index (χ0v) is 22.9. The number of nitro groups is 1. The van der Waals surface area contributed by atoms with E-state index in [9.17, 15) is 29.3 Å². The Balaban J connectivity index is 1.56. The molecule has 7 N–H and O–H groups in total. The Morgan fingerprint density at radius 1 is 1.10 bits per heavy atom. The molecule has 15 nitrogen and oxygen atoms in total. The Morgan fingerprint density at radius 2 is 1.81 bits per heavy atom. The predicted molar refractivity (Wildman–Crippen MR) is 153 cm³/mol. The lowest BCUT2D eigenvalue weighted by atomic mass is 10.1. The van der Waals surface area contributed by atoms with Crippen LogP contribution in [-0.2, 0) is 25.7 Å². The third-order valence-corrected chi connectivity index (χ3v) is 6.40. The van der Waals surface area contributed by atoms with E-state index in [1.54, 1.807) is 12.1 Å². The number of hydrogen-bond acceptors (Lipinski definition) is 9. The Kier molecular flexibility index (Phi) is 11.6. The van der Waals surface area contributed by atoms with Crippen LogP contribution in [0.25, 0.3) is 0 Å². The molecular formula is C27H34N8O7. The van der Waals surface area contributed by atoms with Crippen molar-refractivity contribution in [2.45, 2.75) is 44.4 Å². The van der Waals surface area contributed by atoms with Crippen molar-refractivity contribution in [3.8, 4) is 0 Å². The molecule has 3 rings (SSSR count). The lowest BCUT2D eigenvalue weighted by molar-refractivity contribution is -0.384. The van der Waals surface area contributed by atoms with Crippen LogP contribution in [0.2, 0.25) is 0 Å². The van der Waals surface area contributed by atoms with Crippen molar-refractivity contribution in [2.75, 3.05) is 25.0 Å². The van der Waals surface area contributed by atoms with Crippen LogP contribution < -0.4 is 27.4 Å². The summed E-state index contributed by atoms with van der Waals surface area (Å²) in [6.45, 7) is 0.196. The SMILES string of the molecule is NC(N)=NCCCC(Nc1ccc([N+](=O)[O-])cc1)C(=O)NC(=O)C1CCCN1C(=O)CNC(=O)OCc1ccccc1. The molecule has 1 aliphatic heterocycles. The summed E-state index contributed by atoms with van der Waals surface area (Å²) in [4.78, 5) is 66.6. The topological polar surface area (TPSA) is 224 Å². The molecule has 2 unspecified atom stereocenters. The highest BCUT2D eigenvalue weighted by atomic mass is 16.6. The molecule has 0 aliphatic carbocycles. The molecule has 224 valence electrons. The first kappa shape index (κ1) is 31.3. The van der Waals surface area contributed by atoms with Crippen molar-refractivity contribution in [2.24, 2.45) is 16.5 Å². The van der Waals surface area contributed by atoms with Crippen LogP contribution in [0, 0.1) is 10.1 Å². The number of benzene rings is 2. The van der Waals surface area contributed by atoms with Crippen LogP contribution in [0.1, 0.15) is 31.2 Å². The van der Waals surface area contributed by atoms with Gasteiger partial charge in [-0.1, -0.05) is 30.3 Å². The number of rotatable bonds is 13. The molecule has 0 aromatic heterocycles. The lowest BCUT2D eigenvalue weighted by Crippen LogP contribution is -2.52. The summed E-state index contributed by atoms with van der Waals surface area (Å²) in [5, 5.41) is 18.7. The molecule has 1 aliphatic rings. The molecule has 2 atom stereocenters. The van der Waals surface area contributed by atoms with E-state index < -0.39 is 40.8 Å². The number of aliphatic imine (C=N–C) groups is 1. The third-order valence-electron chi connectivity index (χ3n) is 6.40. The number of imide groups is 1. The second kappa shape index (κ2) is 15.5. The van der Waals surface area contributed by atoms with Gasteiger partial charge in [-0.25, -0.2) is 4.79 Å². The van der Waals surface area contributed by atoms with Crippen molar-refractivity contribution in [3.63, 3.8) is 0 Å². The van der Waals surface area contributed by atoms with Crippen LogP contribution >= 0.6 is 0 Å². The highest BCUT2D eigenvalue weighted by molar-refractivity contribution is 6.02. The fourth-order valence-electron chi connectivity index (χ4n) is 4.31. The normalized spacial score (nSPS) is 14.8. The minimum Gasteiger partial charge on any atom is -0.445 e. The fourth-order valence-corrected chi connectivity index (χ4v) is 4.31. The zero-order chi connectivity index (χ0) is 30.5. The molecule has 2 aromatic carbocycles. The van der Waals surface area contributed by atoms with Crippen LogP contribution in [0.15, 0.2) is 59.6 Å². The van der Waals surface area contributed by atoms with E-state index in [0.717, 1.165) is 5.56 Å². The molecule has 15 heteroatoms. The molecular weight excluding hydrogens is 548 g/mol. The molecule has 4 amide bonds. The number of carbonyl (C=O) groups excluding carboxylic acids is 4. The number of hydrogen-bond donors (Lipinski definition) is 5. The molecule has 0 saturated carbocycles. The van der Waals surface area contributed by atoms with Gasteiger partial charge in [0.25, 0.3) is 5.69 Å². The van der Waals surface area contributed by atoms with E-state index in [4.69, 9.17) is 16.2 Å². The van der Waals surface area contributed by atoms with Gasteiger partial charge in [0.2, 0.25) is 17.7 Å². The van der Waals surface area contributed by atoms with Crippen LogP contribution in [-0.4, -0.2) is 71.3 Å². The minimum absolute atomic E-state index is 0.0404. The summed E-state index contributed by atoms with van der Waals surface area (Å²) in [5.41, 5.74) is 11.8. The zero-order valence-electron chi connectivity index (χ0n) is 22.9. The van der Waals surface area contributed by atoms with E-state index in [-0.39, 0.29) is 44.3 Å². The van der Waals surface area contributed by atoms with Crippen LogP contribution in [0.5, 0.6) is 0 Å². The van der Waals surface area contributed by atoms with Gasteiger partial charge in [-0.05, 0) is 43.4 Å². The largest absolute Gasteiger partial charge is 0.445 e. The van der Waals surface area contributed by atoms with E-state index in [1.165, 1.54) is 29.2 Å². The number of likely N-dealkylation sites (tertiary alicyclic amines) is 1. The number of anilines is 1. The summed E-state index contributed by atoms with van der Waals surface area (Å²) < 4.78 is 5.11. The molecule has 1 heterocycles. The average molecular weight is 583 g/mol. The Morgan fingerprint density at radius 3 is 2.48 bits per heavy atom. The number of amides is 4. The number of ether oxygens (including phenoxy) is 1. The van der Waals surface area contributed by atoms with Crippen molar-refractivity contribution in [3.05, 3.63) is 70.3 Å². The number of guanidine groups is 1. The van der Waals surface area contributed by atoms with Gasteiger partial charge in [0, 0.05) is 30.9 Å². The van der Waals surface area contributed by atoms with Crippen molar-refractivity contribution < 1.29 is 28.8 Å². The maximum Gasteiger partial charge on any atom is 0.407 e.